The van der Waals surface area contributed by atoms with Crippen LogP contribution in [0.25, 0.3) is 11.0 Å². The summed E-state index contributed by atoms with van der Waals surface area (Å²) in [7, 11) is 0. The number of nitrogens with one attached hydrogen (secondary N) is 2. The van der Waals surface area contributed by atoms with Crippen molar-refractivity contribution in [3.63, 3.8) is 0 Å². The molecule has 0 unspecified atom stereocenters. The topological polar surface area (TPSA) is 84.9 Å². The molecule has 7 heteroatoms. The molecular weight excluding hydrogens is 316 g/mol. The van der Waals surface area contributed by atoms with Crippen LogP contribution >= 0.6 is 0 Å². The molecule has 2 N–H and O–H groups in total. The van der Waals surface area contributed by atoms with Crippen molar-refractivity contribution in [2.45, 2.75) is 25.8 Å². The summed E-state index contributed by atoms with van der Waals surface area (Å²) in [5.74, 6) is 1.27. The molecule has 0 bridgehead atoms. The summed E-state index contributed by atoms with van der Waals surface area (Å²) >= 11 is 0. The van der Waals surface area contributed by atoms with Gasteiger partial charge in [0.05, 0.1) is 6.20 Å². The van der Waals surface area contributed by atoms with Crippen LogP contribution in [0.5, 0.6) is 0 Å². The molecule has 4 rings (SSSR count). The third kappa shape index (κ3) is 3.66. The maximum atomic E-state index is 5.39. The van der Waals surface area contributed by atoms with Crippen molar-refractivity contribution in [1.29, 1.82) is 0 Å². The Morgan fingerprint density at radius 2 is 2.00 bits per heavy atom. The van der Waals surface area contributed by atoms with Crippen LogP contribution in [0.4, 0.5) is 17.5 Å². The van der Waals surface area contributed by atoms with Gasteiger partial charge in [-0.3, -0.25) is 0 Å². The van der Waals surface area contributed by atoms with Crippen molar-refractivity contribution in [2.24, 2.45) is 0 Å². The van der Waals surface area contributed by atoms with Gasteiger partial charge >= 0.3 is 0 Å². The second-order valence-electron chi connectivity index (χ2n) is 6.18. The molecule has 1 saturated heterocycles. The van der Waals surface area contributed by atoms with E-state index in [1.807, 2.05) is 12.1 Å². The molecule has 1 aliphatic heterocycles. The Balaban J connectivity index is 1.63. The van der Waals surface area contributed by atoms with Crippen LogP contribution in [0, 0.1) is 6.92 Å². The van der Waals surface area contributed by atoms with Crippen molar-refractivity contribution < 1.29 is 4.74 Å². The number of hydrogen-bond donors (Lipinski definition) is 2. The maximum Gasteiger partial charge on any atom is 0.223 e. The summed E-state index contributed by atoms with van der Waals surface area (Å²) in [5.41, 5.74) is 3.56. The first-order chi connectivity index (χ1) is 12.3. The lowest BCUT2D eigenvalue weighted by atomic mass is 10.1. The summed E-state index contributed by atoms with van der Waals surface area (Å²) in [5, 5.41) is 6.72. The Morgan fingerprint density at radius 3 is 2.84 bits per heavy atom. The van der Waals surface area contributed by atoms with E-state index in [0.717, 1.165) is 31.7 Å². The normalized spacial score (nSPS) is 15.2. The Bertz CT molecular complexity index is 878. The highest BCUT2D eigenvalue weighted by Gasteiger charge is 2.15. The van der Waals surface area contributed by atoms with Crippen molar-refractivity contribution >= 4 is 28.5 Å². The number of ether oxygens (including phenoxy) is 1. The minimum atomic E-state index is 0.337. The number of nitrogens with zero attached hydrogens (tertiary/aromatic N) is 4. The first-order valence-corrected chi connectivity index (χ1v) is 8.44. The molecule has 1 aliphatic rings. The van der Waals surface area contributed by atoms with Crippen molar-refractivity contribution in [3.8, 4) is 0 Å². The third-order valence-corrected chi connectivity index (χ3v) is 4.21. The van der Waals surface area contributed by atoms with Crippen LogP contribution in [0.2, 0.25) is 0 Å². The fourth-order valence-corrected chi connectivity index (χ4v) is 2.90. The summed E-state index contributed by atoms with van der Waals surface area (Å²) < 4.78 is 5.39. The predicted octanol–water partition coefficient (Wildman–Crippen LogP) is 3.06. The molecule has 3 heterocycles. The zero-order chi connectivity index (χ0) is 17.1. The molecule has 2 aromatic heterocycles. The van der Waals surface area contributed by atoms with E-state index in [2.05, 4.69) is 49.6 Å². The highest BCUT2D eigenvalue weighted by Crippen LogP contribution is 2.23. The molecule has 1 aromatic carbocycles. The van der Waals surface area contributed by atoms with E-state index in [-0.39, 0.29) is 0 Å². The van der Waals surface area contributed by atoms with Crippen LogP contribution in [0.3, 0.4) is 0 Å². The van der Waals surface area contributed by atoms with E-state index < -0.39 is 0 Å². The molecule has 3 aromatic rings. The zero-order valence-corrected chi connectivity index (χ0v) is 14.1. The number of rotatable bonds is 4. The monoisotopic (exact) mass is 336 g/mol. The Kier molecular flexibility index (Phi) is 4.39. The van der Waals surface area contributed by atoms with Crippen molar-refractivity contribution in [2.75, 3.05) is 23.8 Å². The van der Waals surface area contributed by atoms with Crippen LogP contribution in [0.1, 0.15) is 18.4 Å². The number of hydrogen-bond acceptors (Lipinski definition) is 7. The van der Waals surface area contributed by atoms with E-state index in [4.69, 9.17) is 4.74 Å². The lowest BCUT2D eigenvalue weighted by Crippen LogP contribution is -2.28. The first kappa shape index (κ1) is 15.7. The van der Waals surface area contributed by atoms with E-state index in [1.54, 1.807) is 6.20 Å². The number of anilines is 3. The largest absolute Gasteiger partial charge is 0.381 e. The molecule has 1 fully saturated rings. The van der Waals surface area contributed by atoms with Gasteiger partial charge in [-0.2, -0.15) is 0 Å². The van der Waals surface area contributed by atoms with Crippen LogP contribution in [-0.2, 0) is 4.74 Å². The Morgan fingerprint density at radius 1 is 1.12 bits per heavy atom. The fourth-order valence-electron chi connectivity index (χ4n) is 2.90. The van der Waals surface area contributed by atoms with E-state index >= 15 is 0 Å². The Hall–Kier alpha value is -2.80. The molecule has 0 spiro atoms. The minimum absolute atomic E-state index is 0.337. The van der Waals surface area contributed by atoms with Crippen LogP contribution in [0.15, 0.2) is 36.8 Å². The summed E-state index contributed by atoms with van der Waals surface area (Å²) in [4.78, 5) is 17.6. The average Bonchev–Trinajstić information content (AvgIpc) is 2.63. The van der Waals surface area contributed by atoms with Gasteiger partial charge in [0.25, 0.3) is 0 Å². The quantitative estimate of drug-likeness (QED) is 0.757. The van der Waals surface area contributed by atoms with Crippen LogP contribution in [-0.4, -0.2) is 39.2 Å². The number of benzene rings is 1. The minimum Gasteiger partial charge on any atom is -0.381 e. The van der Waals surface area contributed by atoms with Gasteiger partial charge in [-0.05, 0) is 37.5 Å². The number of fused-ring (bicyclic) bond motifs is 1. The fraction of sp³-hybridized carbons (Fsp3) is 0.333. The van der Waals surface area contributed by atoms with Gasteiger partial charge in [-0.1, -0.05) is 12.1 Å². The molecule has 0 radical (unpaired) electrons. The molecule has 7 nitrogen and oxygen atoms in total. The lowest BCUT2D eigenvalue weighted by Gasteiger charge is -2.23. The number of aromatic nitrogens is 4. The van der Waals surface area contributed by atoms with E-state index in [9.17, 15) is 0 Å². The average molecular weight is 336 g/mol. The summed E-state index contributed by atoms with van der Waals surface area (Å²) in [6.07, 6.45) is 5.17. The molecule has 25 heavy (non-hydrogen) atoms. The molecule has 0 aliphatic carbocycles. The van der Waals surface area contributed by atoms with Crippen molar-refractivity contribution in [1.82, 2.24) is 19.9 Å². The smallest absolute Gasteiger partial charge is 0.223 e. The van der Waals surface area contributed by atoms with Gasteiger partial charge in [-0.15, -0.1) is 0 Å². The first-order valence-electron chi connectivity index (χ1n) is 8.44. The summed E-state index contributed by atoms with van der Waals surface area (Å²) in [6.45, 7) is 3.60. The summed E-state index contributed by atoms with van der Waals surface area (Å²) in [6, 6.07) is 8.47. The van der Waals surface area contributed by atoms with Crippen LogP contribution < -0.4 is 10.6 Å². The molecule has 0 amide bonds. The van der Waals surface area contributed by atoms with Gasteiger partial charge in [0, 0.05) is 24.9 Å². The predicted molar refractivity (Wildman–Crippen MR) is 97.1 cm³/mol. The zero-order valence-electron chi connectivity index (χ0n) is 14.1. The standard InChI is InChI=1S/C18H20N6O/c1-12-3-2-4-14(9-12)22-17-16-15(20-11-21-17)10-19-18(24-16)23-13-5-7-25-8-6-13/h2-4,9-11,13H,5-8H2,1H3,(H,19,23,24)(H,20,21,22). The highest BCUT2D eigenvalue weighted by atomic mass is 16.5. The second kappa shape index (κ2) is 6.98. The molecule has 0 saturated carbocycles. The van der Waals surface area contributed by atoms with Gasteiger partial charge < -0.3 is 15.4 Å². The van der Waals surface area contributed by atoms with Gasteiger partial charge in [-0.25, -0.2) is 19.9 Å². The van der Waals surface area contributed by atoms with Gasteiger partial charge in [0.2, 0.25) is 5.95 Å². The highest BCUT2D eigenvalue weighted by molar-refractivity contribution is 5.87. The molecule has 0 atom stereocenters. The van der Waals surface area contributed by atoms with Gasteiger partial charge in [0.15, 0.2) is 5.82 Å². The number of aryl methyl sites for hydroxylation is 1. The van der Waals surface area contributed by atoms with E-state index in [1.165, 1.54) is 11.9 Å². The maximum absolute atomic E-state index is 5.39. The molecule has 128 valence electrons. The van der Waals surface area contributed by atoms with E-state index in [0.29, 0.717) is 28.8 Å². The lowest BCUT2D eigenvalue weighted by molar-refractivity contribution is 0.0903. The third-order valence-electron chi connectivity index (χ3n) is 4.21. The van der Waals surface area contributed by atoms with Crippen molar-refractivity contribution in [3.05, 3.63) is 42.4 Å². The molecular formula is C18H20N6O. The second-order valence-corrected chi connectivity index (χ2v) is 6.18. The van der Waals surface area contributed by atoms with Gasteiger partial charge in [0.1, 0.15) is 17.4 Å². The Labute approximate surface area is 145 Å². The SMILES string of the molecule is Cc1cccc(Nc2ncnc3cnc(NC4CCOCC4)nc23)c1.